The van der Waals surface area contributed by atoms with Crippen LogP contribution in [0.5, 0.6) is 5.75 Å². The highest BCUT2D eigenvalue weighted by Gasteiger charge is 2.57. The van der Waals surface area contributed by atoms with Crippen molar-refractivity contribution in [2.45, 2.75) is 62.1 Å². The number of carbonyl (C=O) groups excluding carboxylic acids is 1. The molecule has 4 saturated heterocycles. The molecule has 1 amide bonds. The molecule has 5 nitrogen and oxygen atoms in total. The number of piperidine rings is 3. The zero-order chi connectivity index (χ0) is 18.6. The van der Waals surface area contributed by atoms with Crippen LogP contribution in [0.15, 0.2) is 24.3 Å². The van der Waals surface area contributed by atoms with E-state index in [4.69, 9.17) is 4.74 Å². The number of rotatable bonds is 3. The predicted molar refractivity (Wildman–Crippen MR) is 103 cm³/mol. The number of hydrogen-bond donors (Lipinski definition) is 1. The van der Waals surface area contributed by atoms with Gasteiger partial charge in [-0.2, -0.15) is 0 Å². The van der Waals surface area contributed by atoms with Crippen LogP contribution >= 0.6 is 0 Å². The molecule has 27 heavy (non-hydrogen) atoms. The van der Waals surface area contributed by atoms with E-state index in [2.05, 4.69) is 28.0 Å². The van der Waals surface area contributed by atoms with Gasteiger partial charge in [0.1, 0.15) is 11.4 Å². The second-order valence-corrected chi connectivity index (χ2v) is 8.93. The Kier molecular flexibility index (Phi) is 4.21. The molecule has 3 atom stereocenters. The summed E-state index contributed by atoms with van der Waals surface area (Å²) < 4.78 is 5.45. The second-order valence-electron chi connectivity index (χ2n) is 8.93. The Bertz CT molecular complexity index is 722. The normalized spacial score (nSPS) is 36.7. The first-order chi connectivity index (χ1) is 13.1. The van der Waals surface area contributed by atoms with E-state index in [1.807, 2.05) is 6.07 Å². The maximum absolute atomic E-state index is 13.4. The fourth-order valence-electron chi connectivity index (χ4n) is 6.26. The lowest BCUT2D eigenvalue weighted by molar-refractivity contribution is -0.155. The summed E-state index contributed by atoms with van der Waals surface area (Å²) in [5, 5.41) is 11.0. The number of benzene rings is 1. The molecule has 1 aromatic rings. The molecule has 146 valence electrons. The number of methoxy groups -OCH3 is 1. The van der Waals surface area contributed by atoms with Crippen molar-refractivity contribution in [1.82, 2.24) is 9.80 Å². The molecule has 5 fully saturated rings. The van der Waals surface area contributed by atoms with Crippen molar-refractivity contribution in [3.05, 3.63) is 29.8 Å². The van der Waals surface area contributed by atoms with E-state index in [1.165, 1.54) is 18.4 Å². The van der Waals surface area contributed by atoms with E-state index in [1.54, 1.807) is 7.11 Å². The number of ether oxygens (including phenoxy) is 1. The van der Waals surface area contributed by atoms with Gasteiger partial charge in [-0.3, -0.25) is 9.69 Å². The molecule has 5 heteroatoms. The third-order valence-corrected chi connectivity index (χ3v) is 7.61. The average molecular weight is 370 g/mol. The Morgan fingerprint density at radius 1 is 1.19 bits per heavy atom. The van der Waals surface area contributed by atoms with Gasteiger partial charge in [-0.25, -0.2) is 0 Å². The van der Waals surface area contributed by atoms with Crippen LogP contribution in [0.2, 0.25) is 0 Å². The van der Waals surface area contributed by atoms with E-state index in [-0.39, 0.29) is 11.9 Å². The van der Waals surface area contributed by atoms with Crippen LogP contribution in [0.1, 0.15) is 50.0 Å². The third kappa shape index (κ3) is 2.70. The summed E-state index contributed by atoms with van der Waals surface area (Å²) in [5.74, 6) is 1.74. The van der Waals surface area contributed by atoms with Crippen molar-refractivity contribution in [3.8, 4) is 5.75 Å². The molecule has 3 unspecified atom stereocenters. The van der Waals surface area contributed by atoms with Crippen molar-refractivity contribution >= 4 is 5.91 Å². The molecular weight excluding hydrogens is 340 g/mol. The molecule has 6 rings (SSSR count). The summed E-state index contributed by atoms with van der Waals surface area (Å²) in [6, 6.07) is 8.96. The maximum Gasteiger partial charge on any atom is 0.254 e. The largest absolute Gasteiger partial charge is 0.497 e. The number of fused-ring (bicyclic) bond motifs is 2. The molecule has 0 aromatic heterocycles. The van der Waals surface area contributed by atoms with Crippen molar-refractivity contribution < 1.29 is 14.6 Å². The van der Waals surface area contributed by atoms with Crippen LogP contribution in [0.3, 0.4) is 0 Å². The molecule has 4 heterocycles. The zero-order valence-corrected chi connectivity index (χ0v) is 16.1. The smallest absolute Gasteiger partial charge is 0.254 e. The van der Waals surface area contributed by atoms with E-state index in [0.29, 0.717) is 30.7 Å². The number of carbonyl (C=O) groups is 1. The molecule has 1 N–H and O–H groups in total. The molecular formula is C22H30N2O3. The predicted octanol–water partition coefficient (Wildman–Crippen LogP) is 2.39. The Labute approximate surface area is 161 Å². The lowest BCUT2D eigenvalue weighted by atomic mass is 9.75. The number of hydrogen-bond acceptors (Lipinski definition) is 4. The summed E-state index contributed by atoms with van der Waals surface area (Å²) in [5.41, 5.74) is 0.130. The maximum atomic E-state index is 13.4. The van der Waals surface area contributed by atoms with E-state index < -0.39 is 5.60 Å². The molecule has 1 aromatic carbocycles. The Hall–Kier alpha value is -1.59. The Balaban J connectivity index is 1.51. The van der Waals surface area contributed by atoms with Crippen molar-refractivity contribution in [2.75, 3.05) is 26.7 Å². The minimum atomic E-state index is -1.13. The number of aliphatic hydroxyl groups is 1. The highest BCUT2D eigenvalue weighted by atomic mass is 16.5. The fraction of sp³-hybridized carbons (Fsp3) is 0.682. The Morgan fingerprint density at radius 2 is 1.93 bits per heavy atom. The van der Waals surface area contributed by atoms with Crippen LogP contribution in [-0.4, -0.2) is 65.2 Å². The number of amides is 1. The highest BCUT2D eigenvalue weighted by Crippen LogP contribution is 2.48. The van der Waals surface area contributed by atoms with Crippen LogP contribution in [0, 0.1) is 5.92 Å². The van der Waals surface area contributed by atoms with Crippen LogP contribution in [0.4, 0.5) is 0 Å². The van der Waals surface area contributed by atoms with Gasteiger partial charge < -0.3 is 14.7 Å². The first-order valence-corrected chi connectivity index (χ1v) is 10.5. The Morgan fingerprint density at radius 3 is 2.63 bits per heavy atom. The van der Waals surface area contributed by atoms with Crippen LogP contribution < -0.4 is 4.74 Å². The van der Waals surface area contributed by atoms with Gasteiger partial charge in [0.2, 0.25) is 0 Å². The first kappa shape index (κ1) is 17.5. The van der Waals surface area contributed by atoms with E-state index in [0.717, 1.165) is 38.2 Å². The number of likely N-dealkylation sites (tertiary alicyclic amines) is 1. The molecule has 0 spiro atoms. The molecule has 4 aliphatic heterocycles. The lowest BCUT2D eigenvalue weighted by Crippen LogP contribution is -2.62. The first-order valence-electron chi connectivity index (χ1n) is 10.5. The van der Waals surface area contributed by atoms with E-state index >= 15 is 0 Å². The highest BCUT2D eigenvalue weighted by molar-refractivity contribution is 5.86. The SMILES string of the molecule is COc1cccc(C2CN(C(=O)C3(O)CCCC3)C3C4CCN(CC4)C23)c1. The van der Waals surface area contributed by atoms with Gasteiger partial charge in [-0.05, 0) is 75.2 Å². The quantitative estimate of drug-likeness (QED) is 0.888. The summed E-state index contributed by atoms with van der Waals surface area (Å²) in [4.78, 5) is 18.1. The standard InChI is InChI=1S/C22H30N2O3/c1-27-17-6-4-5-16(13-17)18-14-24(21(25)22(26)9-2-3-10-22)19-15-7-11-23(12-8-15)20(18)19/h4-6,13,15,18-20,26H,2-3,7-12,14H2,1H3. The minimum absolute atomic E-state index is 0.00542. The molecule has 1 saturated carbocycles. The van der Waals surface area contributed by atoms with Gasteiger partial charge >= 0.3 is 0 Å². The van der Waals surface area contributed by atoms with Gasteiger partial charge in [0.25, 0.3) is 5.91 Å². The lowest BCUT2D eigenvalue weighted by Gasteiger charge is -2.51. The average Bonchev–Trinajstić information content (AvgIpc) is 3.34. The summed E-state index contributed by atoms with van der Waals surface area (Å²) in [7, 11) is 1.70. The van der Waals surface area contributed by atoms with Crippen molar-refractivity contribution in [2.24, 2.45) is 5.92 Å². The van der Waals surface area contributed by atoms with Crippen LogP contribution in [-0.2, 0) is 4.79 Å². The van der Waals surface area contributed by atoms with Gasteiger partial charge in [0, 0.05) is 18.5 Å². The van der Waals surface area contributed by atoms with Gasteiger partial charge in [-0.1, -0.05) is 12.1 Å². The topological polar surface area (TPSA) is 53.0 Å². The minimum Gasteiger partial charge on any atom is -0.497 e. The van der Waals surface area contributed by atoms with Gasteiger partial charge in [-0.15, -0.1) is 0 Å². The third-order valence-electron chi connectivity index (χ3n) is 7.61. The van der Waals surface area contributed by atoms with Crippen LogP contribution in [0.25, 0.3) is 0 Å². The molecule has 0 radical (unpaired) electrons. The monoisotopic (exact) mass is 370 g/mol. The summed E-state index contributed by atoms with van der Waals surface area (Å²) in [6.07, 6.45) is 5.51. The molecule has 1 aliphatic carbocycles. The zero-order valence-electron chi connectivity index (χ0n) is 16.1. The summed E-state index contributed by atoms with van der Waals surface area (Å²) in [6.45, 7) is 2.99. The van der Waals surface area contributed by atoms with Crippen molar-refractivity contribution in [1.29, 1.82) is 0 Å². The second kappa shape index (κ2) is 6.49. The molecule has 2 bridgehead atoms. The van der Waals surface area contributed by atoms with E-state index in [9.17, 15) is 9.90 Å². The fourth-order valence-corrected chi connectivity index (χ4v) is 6.26. The van der Waals surface area contributed by atoms with Crippen molar-refractivity contribution in [3.63, 3.8) is 0 Å². The number of nitrogens with zero attached hydrogens (tertiary/aromatic N) is 2. The van der Waals surface area contributed by atoms with Gasteiger partial charge in [0.05, 0.1) is 13.2 Å². The van der Waals surface area contributed by atoms with Gasteiger partial charge in [0.15, 0.2) is 0 Å². The summed E-state index contributed by atoms with van der Waals surface area (Å²) >= 11 is 0. The molecule has 5 aliphatic rings.